The molecule has 4 heteroatoms. The van der Waals surface area contributed by atoms with Gasteiger partial charge in [-0.15, -0.1) is 11.6 Å². The van der Waals surface area contributed by atoms with Crippen molar-refractivity contribution in [1.29, 1.82) is 0 Å². The van der Waals surface area contributed by atoms with E-state index in [1.165, 1.54) is 6.07 Å². The molecule has 0 fully saturated rings. The molecule has 1 N–H and O–H groups in total. The van der Waals surface area contributed by atoms with Crippen LogP contribution in [0.4, 0.5) is 4.39 Å². The molecule has 1 aromatic heterocycles. The fourth-order valence-electron chi connectivity index (χ4n) is 1.16. The minimum absolute atomic E-state index is 0.319. The first-order chi connectivity index (χ1) is 5.83. The molecule has 0 aliphatic carbocycles. The molecule has 0 unspecified atom stereocenters. The standard InChI is InChI=1S/C8H6ClFN2/c9-4-7-5-2-1-3-6(10)8(5)12-11-7/h1-3H,4H2,(H,11,12). The van der Waals surface area contributed by atoms with Crippen LogP contribution in [0.5, 0.6) is 0 Å². The van der Waals surface area contributed by atoms with E-state index in [-0.39, 0.29) is 5.82 Å². The molecule has 0 amide bonds. The molecule has 0 saturated heterocycles. The van der Waals surface area contributed by atoms with Gasteiger partial charge in [0, 0.05) is 5.39 Å². The predicted octanol–water partition coefficient (Wildman–Crippen LogP) is 2.44. The Balaban J connectivity index is 2.80. The van der Waals surface area contributed by atoms with E-state index in [1.54, 1.807) is 12.1 Å². The maximum atomic E-state index is 13.0. The van der Waals surface area contributed by atoms with Crippen molar-refractivity contribution in [3.05, 3.63) is 29.7 Å². The van der Waals surface area contributed by atoms with Gasteiger partial charge in [0.25, 0.3) is 0 Å². The summed E-state index contributed by atoms with van der Waals surface area (Å²) in [7, 11) is 0. The number of hydrogen-bond acceptors (Lipinski definition) is 1. The average molecular weight is 185 g/mol. The number of aromatic amines is 1. The maximum absolute atomic E-state index is 13.0. The molecular formula is C8H6ClFN2. The van der Waals surface area contributed by atoms with Gasteiger partial charge in [-0.2, -0.15) is 5.10 Å². The highest BCUT2D eigenvalue weighted by molar-refractivity contribution is 6.17. The fourth-order valence-corrected chi connectivity index (χ4v) is 1.36. The van der Waals surface area contributed by atoms with Crippen LogP contribution in [0, 0.1) is 5.82 Å². The Morgan fingerprint density at radius 3 is 3.08 bits per heavy atom. The van der Waals surface area contributed by atoms with Gasteiger partial charge in [0.1, 0.15) is 5.52 Å². The lowest BCUT2D eigenvalue weighted by atomic mass is 10.2. The lowest BCUT2D eigenvalue weighted by Gasteiger charge is -1.90. The summed E-state index contributed by atoms with van der Waals surface area (Å²) in [6.45, 7) is 0. The number of rotatable bonds is 1. The first-order valence-corrected chi connectivity index (χ1v) is 4.04. The molecule has 0 aliphatic heterocycles. The summed E-state index contributed by atoms with van der Waals surface area (Å²) in [4.78, 5) is 0. The van der Waals surface area contributed by atoms with Crippen LogP contribution in [0.1, 0.15) is 5.69 Å². The summed E-state index contributed by atoms with van der Waals surface area (Å²) in [5.74, 6) is 0.0000617. The number of alkyl halides is 1. The summed E-state index contributed by atoms with van der Waals surface area (Å²) in [5.41, 5.74) is 1.11. The molecule has 62 valence electrons. The summed E-state index contributed by atoms with van der Waals surface area (Å²) >= 11 is 5.61. The van der Waals surface area contributed by atoms with Crippen molar-refractivity contribution in [1.82, 2.24) is 10.2 Å². The van der Waals surface area contributed by atoms with Gasteiger partial charge in [-0.1, -0.05) is 12.1 Å². The highest BCUT2D eigenvalue weighted by Gasteiger charge is 2.06. The van der Waals surface area contributed by atoms with E-state index in [1.807, 2.05) is 0 Å². The number of para-hydroxylation sites is 1. The smallest absolute Gasteiger partial charge is 0.151 e. The third kappa shape index (κ3) is 0.975. The van der Waals surface area contributed by atoms with Crippen LogP contribution in [-0.2, 0) is 5.88 Å². The second kappa shape index (κ2) is 2.75. The van der Waals surface area contributed by atoms with Gasteiger partial charge >= 0.3 is 0 Å². The zero-order valence-electron chi connectivity index (χ0n) is 6.14. The van der Waals surface area contributed by atoms with Crippen molar-refractivity contribution in [3.63, 3.8) is 0 Å². The van der Waals surface area contributed by atoms with E-state index in [0.29, 0.717) is 11.4 Å². The highest BCUT2D eigenvalue weighted by atomic mass is 35.5. The van der Waals surface area contributed by atoms with Crippen LogP contribution in [0.3, 0.4) is 0 Å². The number of nitrogens with one attached hydrogen (secondary N) is 1. The topological polar surface area (TPSA) is 28.7 Å². The number of hydrogen-bond donors (Lipinski definition) is 1. The molecule has 12 heavy (non-hydrogen) atoms. The maximum Gasteiger partial charge on any atom is 0.151 e. The minimum Gasteiger partial charge on any atom is -0.280 e. The zero-order chi connectivity index (χ0) is 8.55. The molecule has 2 aromatic rings. The fraction of sp³-hybridized carbons (Fsp3) is 0.125. The van der Waals surface area contributed by atoms with Crippen LogP contribution in [0.2, 0.25) is 0 Å². The lowest BCUT2D eigenvalue weighted by molar-refractivity contribution is 0.636. The largest absolute Gasteiger partial charge is 0.280 e. The van der Waals surface area contributed by atoms with E-state index >= 15 is 0 Å². The average Bonchev–Trinajstić information content (AvgIpc) is 2.49. The second-order valence-corrected chi connectivity index (χ2v) is 2.74. The molecule has 0 saturated carbocycles. The van der Waals surface area contributed by atoms with E-state index in [2.05, 4.69) is 10.2 Å². The van der Waals surface area contributed by atoms with Crippen LogP contribution in [0.25, 0.3) is 10.9 Å². The summed E-state index contributed by atoms with van der Waals surface area (Å²) in [6, 6.07) is 4.81. The SMILES string of the molecule is Fc1cccc2c(CCl)[nH]nc12. The van der Waals surface area contributed by atoms with Crippen molar-refractivity contribution in [3.8, 4) is 0 Å². The molecule has 0 aliphatic rings. The molecule has 2 rings (SSSR count). The summed E-state index contributed by atoms with van der Waals surface area (Å²) in [6.07, 6.45) is 0. The van der Waals surface area contributed by atoms with Crippen molar-refractivity contribution in [2.45, 2.75) is 5.88 Å². The number of H-pyrrole nitrogens is 1. The molecule has 0 spiro atoms. The minimum atomic E-state index is -0.319. The molecule has 2 nitrogen and oxygen atoms in total. The molecule has 0 radical (unpaired) electrons. The van der Waals surface area contributed by atoms with Gasteiger partial charge in [-0.05, 0) is 6.07 Å². The van der Waals surface area contributed by atoms with E-state index in [0.717, 1.165) is 11.1 Å². The number of halogens is 2. The Kier molecular flexibility index (Phi) is 1.73. The van der Waals surface area contributed by atoms with Crippen molar-refractivity contribution in [2.75, 3.05) is 0 Å². The predicted molar refractivity (Wildman–Crippen MR) is 45.6 cm³/mol. The number of nitrogens with zero attached hydrogens (tertiary/aromatic N) is 1. The first kappa shape index (κ1) is 7.55. The lowest BCUT2D eigenvalue weighted by Crippen LogP contribution is -1.77. The Hall–Kier alpha value is -1.09. The molecular weight excluding hydrogens is 179 g/mol. The third-order valence-electron chi connectivity index (χ3n) is 1.75. The van der Waals surface area contributed by atoms with Crippen LogP contribution in [0.15, 0.2) is 18.2 Å². The Morgan fingerprint density at radius 1 is 1.50 bits per heavy atom. The summed E-state index contributed by atoms with van der Waals surface area (Å²) < 4.78 is 13.0. The zero-order valence-corrected chi connectivity index (χ0v) is 6.90. The normalized spacial score (nSPS) is 10.8. The van der Waals surface area contributed by atoms with Gasteiger partial charge in [0.2, 0.25) is 0 Å². The van der Waals surface area contributed by atoms with Crippen LogP contribution >= 0.6 is 11.6 Å². The monoisotopic (exact) mass is 184 g/mol. The van der Waals surface area contributed by atoms with Crippen molar-refractivity contribution < 1.29 is 4.39 Å². The van der Waals surface area contributed by atoms with Gasteiger partial charge in [0.05, 0.1) is 11.6 Å². The van der Waals surface area contributed by atoms with Gasteiger partial charge in [0.15, 0.2) is 5.82 Å². The quantitative estimate of drug-likeness (QED) is 0.678. The van der Waals surface area contributed by atoms with Crippen LogP contribution in [-0.4, -0.2) is 10.2 Å². The van der Waals surface area contributed by atoms with Gasteiger partial charge < -0.3 is 0 Å². The third-order valence-corrected chi connectivity index (χ3v) is 2.02. The van der Waals surface area contributed by atoms with E-state index in [9.17, 15) is 4.39 Å². The van der Waals surface area contributed by atoms with Crippen LogP contribution < -0.4 is 0 Å². The second-order valence-electron chi connectivity index (χ2n) is 2.47. The van der Waals surface area contributed by atoms with Crippen molar-refractivity contribution >= 4 is 22.5 Å². The van der Waals surface area contributed by atoms with Crippen molar-refractivity contribution in [2.24, 2.45) is 0 Å². The molecule has 1 aromatic carbocycles. The molecule has 1 heterocycles. The molecule has 0 bridgehead atoms. The Labute approximate surface area is 73.3 Å². The number of aromatic nitrogens is 2. The van der Waals surface area contributed by atoms with E-state index < -0.39 is 0 Å². The van der Waals surface area contributed by atoms with Gasteiger partial charge in [-0.3, -0.25) is 5.10 Å². The van der Waals surface area contributed by atoms with E-state index in [4.69, 9.17) is 11.6 Å². The Bertz CT molecular complexity index is 410. The first-order valence-electron chi connectivity index (χ1n) is 3.50. The van der Waals surface area contributed by atoms with Gasteiger partial charge in [-0.25, -0.2) is 4.39 Å². The number of benzene rings is 1. The molecule has 0 atom stereocenters. The summed E-state index contributed by atoms with van der Waals surface area (Å²) in [5, 5.41) is 7.24. The Morgan fingerprint density at radius 2 is 2.33 bits per heavy atom. The highest BCUT2D eigenvalue weighted by Crippen LogP contribution is 2.19. The number of fused-ring (bicyclic) bond motifs is 1.